The zero-order valence-electron chi connectivity index (χ0n) is 11.3. The lowest BCUT2D eigenvalue weighted by atomic mass is 9.95. The van der Waals surface area contributed by atoms with Crippen LogP contribution in [-0.2, 0) is 0 Å². The van der Waals surface area contributed by atoms with Gasteiger partial charge in [0.25, 0.3) is 5.69 Å². The van der Waals surface area contributed by atoms with E-state index in [9.17, 15) is 10.1 Å². The van der Waals surface area contributed by atoms with E-state index in [1.165, 1.54) is 0 Å². The molecule has 5 heteroatoms. The molecule has 0 spiro atoms. The molecule has 3 atom stereocenters. The number of fused-ring (bicyclic) bond motifs is 1. The number of nitrogens with one attached hydrogen (secondary N) is 1. The molecule has 2 aliphatic rings. The van der Waals surface area contributed by atoms with E-state index in [0.29, 0.717) is 17.9 Å². The number of benzene rings is 1. The normalized spacial score (nSPS) is 29.6. The molecule has 19 heavy (non-hydrogen) atoms. The summed E-state index contributed by atoms with van der Waals surface area (Å²) in [5.41, 5.74) is 2.04. The predicted octanol–water partition coefficient (Wildman–Crippen LogP) is 1.95. The number of hydrogen-bond acceptors (Lipinski definition) is 4. The summed E-state index contributed by atoms with van der Waals surface area (Å²) in [7, 11) is 0. The number of nitro benzene ring substituents is 1. The average molecular weight is 261 g/mol. The lowest BCUT2D eigenvalue weighted by Crippen LogP contribution is -2.34. The summed E-state index contributed by atoms with van der Waals surface area (Å²) in [6, 6.07) is 5.70. The molecule has 3 rings (SSSR count). The van der Waals surface area contributed by atoms with Gasteiger partial charge in [0, 0.05) is 31.7 Å². The minimum Gasteiger partial charge on any atom is -0.362 e. The smallest absolute Gasteiger partial charge is 0.292 e. The molecule has 5 nitrogen and oxygen atoms in total. The average Bonchev–Trinajstić information content (AvgIpc) is 2.93. The first-order valence-electron chi connectivity index (χ1n) is 6.81. The van der Waals surface area contributed by atoms with E-state index in [-0.39, 0.29) is 10.6 Å². The number of para-hydroxylation sites is 1. The molecule has 0 radical (unpaired) electrons. The summed E-state index contributed by atoms with van der Waals surface area (Å²) in [4.78, 5) is 13.2. The first kappa shape index (κ1) is 12.4. The van der Waals surface area contributed by atoms with Gasteiger partial charge in [-0.1, -0.05) is 12.1 Å². The van der Waals surface area contributed by atoms with Gasteiger partial charge in [-0.2, -0.15) is 0 Å². The number of hydrogen-bond donors (Lipinski definition) is 1. The summed E-state index contributed by atoms with van der Waals surface area (Å²) >= 11 is 0. The van der Waals surface area contributed by atoms with Gasteiger partial charge in [-0.3, -0.25) is 10.1 Å². The van der Waals surface area contributed by atoms with Crippen molar-refractivity contribution in [1.29, 1.82) is 0 Å². The second-order valence-electron chi connectivity index (χ2n) is 5.67. The Morgan fingerprint density at radius 2 is 2.21 bits per heavy atom. The highest BCUT2D eigenvalue weighted by atomic mass is 16.6. The van der Waals surface area contributed by atoms with E-state index in [0.717, 1.165) is 30.9 Å². The minimum atomic E-state index is -0.262. The quantitative estimate of drug-likeness (QED) is 0.653. The van der Waals surface area contributed by atoms with Crippen molar-refractivity contribution >= 4 is 11.4 Å². The first-order valence-corrected chi connectivity index (χ1v) is 6.81. The van der Waals surface area contributed by atoms with Crippen LogP contribution < -0.4 is 10.2 Å². The van der Waals surface area contributed by atoms with Gasteiger partial charge in [0.05, 0.1) is 4.92 Å². The van der Waals surface area contributed by atoms with Gasteiger partial charge in [0.1, 0.15) is 5.69 Å². The van der Waals surface area contributed by atoms with Crippen molar-refractivity contribution in [3.63, 3.8) is 0 Å². The summed E-state index contributed by atoms with van der Waals surface area (Å²) in [6.45, 7) is 7.13. The van der Waals surface area contributed by atoms with E-state index >= 15 is 0 Å². The number of nitro groups is 1. The highest BCUT2D eigenvalue weighted by molar-refractivity contribution is 5.68. The zero-order chi connectivity index (χ0) is 13.6. The van der Waals surface area contributed by atoms with E-state index in [2.05, 4.69) is 17.1 Å². The topological polar surface area (TPSA) is 58.4 Å². The van der Waals surface area contributed by atoms with Crippen LogP contribution in [0.3, 0.4) is 0 Å². The summed E-state index contributed by atoms with van der Waals surface area (Å²) in [5.74, 6) is 1.23. The largest absolute Gasteiger partial charge is 0.362 e. The molecule has 1 N–H and O–H groups in total. The molecule has 0 bridgehead atoms. The zero-order valence-corrected chi connectivity index (χ0v) is 11.3. The maximum atomic E-state index is 11.3. The molecule has 2 aliphatic heterocycles. The molecule has 0 amide bonds. The Kier molecular flexibility index (Phi) is 2.93. The van der Waals surface area contributed by atoms with Crippen LogP contribution in [0.2, 0.25) is 0 Å². The molecule has 0 aliphatic carbocycles. The van der Waals surface area contributed by atoms with Gasteiger partial charge < -0.3 is 10.2 Å². The third kappa shape index (κ3) is 1.89. The molecule has 102 valence electrons. The SMILES string of the molecule is Cc1cccc([N+](=O)[O-])c1N1CC2CNCC2C1C. The summed E-state index contributed by atoms with van der Waals surface area (Å²) in [5, 5.41) is 14.7. The number of rotatable bonds is 2. The fourth-order valence-electron chi connectivity index (χ4n) is 3.63. The number of aryl methyl sites for hydroxylation is 1. The van der Waals surface area contributed by atoms with Gasteiger partial charge >= 0.3 is 0 Å². The fraction of sp³-hybridized carbons (Fsp3) is 0.571. The molecule has 2 saturated heterocycles. The Bertz CT molecular complexity index is 517. The molecule has 2 fully saturated rings. The third-order valence-electron chi connectivity index (χ3n) is 4.63. The van der Waals surface area contributed by atoms with Gasteiger partial charge in [0.2, 0.25) is 0 Å². The highest BCUT2D eigenvalue weighted by Gasteiger charge is 2.43. The predicted molar refractivity (Wildman–Crippen MR) is 74.5 cm³/mol. The maximum absolute atomic E-state index is 11.3. The van der Waals surface area contributed by atoms with Gasteiger partial charge in [-0.25, -0.2) is 0 Å². The van der Waals surface area contributed by atoms with Crippen LogP contribution in [0.15, 0.2) is 18.2 Å². The van der Waals surface area contributed by atoms with Crippen molar-refractivity contribution < 1.29 is 4.92 Å². The number of anilines is 1. The van der Waals surface area contributed by atoms with Crippen LogP contribution in [0.5, 0.6) is 0 Å². The lowest BCUT2D eigenvalue weighted by Gasteiger charge is -2.27. The van der Waals surface area contributed by atoms with Crippen LogP contribution in [0, 0.1) is 28.9 Å². The molecule has 3 unspecified atom stereocenters. The van der Waals surface area contributed by atoms with Crippen LogP contribution in [-0.4, -0.2) is 30.6 Å². The van der Waals surface area contributed by atoms with Crippen molar-refractivity contribution in [2.24, 2.45) is 11.8 Å². The minimum absolute atomic E-state index is 0.236. The second-order valence-corrected chi connectivity index (χ2v) is 5.67. The van der Waals surface area contributed by atoms with Gasteiger partial charge in [-0.05, 0) is 31.2 Å². The Labute approximate surface area is 112 Å². The molecule has 1 aromatic rings. The Morgan fingerprint density at radius 3 is 2.89 bits per heavy atom. The fourth-order valence-corrected chi connectivity index (χ4v) is 3.63. The van der Waals surface area contributed by atoms with E-state index < -0.39 is 0 Å². The molecular formula is C14H19N3O2. The Balaban J connectivity index is 2.01. The van der Waals surface area contributed by atoms with E-state index in [1.54, 1.807) is 12.1 Å². The summed E-state index contributed by atoms with van der Waals surface area (Å²) in [6.07, 6.45) is 0. The van der Waals surface area contributed by atoms with Crippen molar-refractivity contribution in [2.75, 3.05) is 24.5 Å². The lowest BCUT2D eigenvalue weighted by molar-refractivity contribution is -0.384. The van der Waals surface area contributed by atoms with Gasteiger partial charge in [0.15, 0.2) is 0 Å². The van der Waals surface area contributed by atoms with Crippen LogP contribution in [0.1, 0.15) is 12.5 Å². The van der Waals surface area contributed by atoms with Crippen LogP contribution in [0.25, 0.3) is 0 Å². The molecule has 0 aromatic heterocycles. The number of nitrogens with zero attached hydrogens (tertiary/aromatic N) is 2. The second kappa shape index (κ2) is 4.49. The van der Waals surface area contributed by atoms with Crippen molar-refractivity contribution in [1.82, 2.24) is 5.32 Å². The molecule has 2 heterocycles. The maximum Gasteiger partial charge on any atom is 0.292 e. The molecular weight excluding hydrogens is 242 g/mol. The Morgan fingerprint density at radius 1 is 1.42 bits per heavy atom. The van der Waals surface area contributed by atoms with Gasteiger partial charge in [-0.15, -0.1) is 0 Å². The molecule has 0 saturated carbocycles. The monoisotopic (exact) mass is 261 g/mol. The third-order valence-corrected chi connectivity index (χ3v) is 4.63. The first-order chi connectivity index (χ1) is 9.09. The molecule has 1 aromatic carbocycles. The van der Waals surface area contributed by atoms with Crippen LogP contribution in [0.4, 0.5) is 11.4 Å². The van der Waals surface area contributed by atoms with Crippen molar-refractivity contribution in [3.05, 3.63) is 33.9 Å². The van der Waals surface area contributed by atoms with Crippen molar-refractivity contribution in [3.8, 4) is 0 Å². The summed E-state index contributed by atoms with van der Waals surface area (Å²) < 4.78 is 0. The van der Waals surface area contributed by atoms with Crippen LogP contribution >= 0.6 is 0 Å². The van der Waals surface area contributed by atoms with E-state index in [1.807, 2.05) is 13.0 Å². The Hall–Kier alpha value is -1.62. The van der Waals surface area contributed by atoms with E-state index in [4.69, 9.17) is 0 Å². The highest BCUT2D eigenvalue weighted by Crippen LogP contribution is 2.41. The standard InChI is InChI=1S/C14H19N3O2/c1-9-4-3-5-13(17(18)19)14(9)16-8-11-6-15-7-12(11)10(16)2/h3-5,10-12,15H,6-8H2,1-2H3. The van der Waals surface area contributed by atoms with Crippen molar-refractivity contribution in [2.45, 2.75) is 19.9 Å².